The van der Waals surface area contributed by atoms with Gasteiger partial charge in [0.05, 0.1) is 13.0 Å². The highest BCUT2D eigenvalue weighted by molar-refractivity contribution is 6.30. The first-order valence-corrected chi connectivity index (χ1v) is 4.97. The fourth-order valence-corrected chi connectivity index (χ4v) is 1.15. The lowest BCUT2D eigenvalue weighted by molar-refractivity contribution is -0.145. The molecule has 15 heavy (non-hydrogen) atoms. The molecule has 0 N–H and O–H groups in total. The molecule has 0 saturated heterocycles. The summed E-state index contributed by atoms with van der Waals surface area (Å²) in [5.74, 6) is 0.143. The van der Waals surface area contributed by atoms with Crippen molar-refractivity contribution in [3.8, 4) is 5.75 Å². The van der Waals surface area contributed by atoms with Crippen LogP contribution in [0.1, 0.15) is 6.92 Å². The Kier molecular flexibility index (Phi) is 4.43. The second-order valence-corrected chi connectivity index (χ2v) is 3.63. The first-order chi connectivity index (χ1) is 7.13. The third-order valence-corrected chi connectivity index (χ3v) is 2.17. The molecule has 0 aliphatic rings. The van der Waals surface area contributed by atoms with Gasteiger partial charge in [0.25, 0.3) is 0 Å². The van der Waals surface area contributed by atoms with Gasteiger partial charge in [-0.3, -0.25) is 4.79 Å². The normalized spacial score (nSPS) is 11.9. The average molecular weight is 229 g/mol. The Morgan fingerprint density at radius 2 is 2.00 bits per heavy atom. The van der Waals surface area contributed by atoms with Gasteiger partial charge in [-0.05, 0) is 31.2 Å². The van der Waals surface area contributed by atoms with Gasteiger partial charge in [0.1, 0.15) is 12.4 Å². The molecule has 1 unspecified atom stereocenters. The monoisotopic (exact) mass is 228 g/mol. The third-order valence-electron chi connectivity index (χ3n) is 1.92. The van der Waals surface area contributed by atoms with Crippen LogP contribution in [0.4, 0.5) is 0 Å². The zero-order valence-electron chi connectivity index (χ0n) is 8.70. The van der Waals surface area contributed by atoms with Crippen molar-refractivity contribution in [2.75, 3.05) is 13.7 Å². The van der Waals surface area contributed by atoms with E-state index in [0.717, 1.165) is 0 Å². The molecule has 0 bridgehead atoms. The number of esters is 1. The topological polar surface area (TPSA) is 35.5 Å². The Bertz CT molecular complexity index is 321. The van der Waals surface area contributed by atoms with Gasteiger partial charge < -0.3 is 9.47 Å². The largest absolute Gasteiger partial charge is 0.493 e. The van der Waals surface area contributed by atoms with Crippen molar-refractivity contribution in [2.45, 2.75) is 6.92 Å². The van der Waals surface area contributed by atoms with E-state index >= 15 is 0 Å². The van der Waals surface area contributed by atoms with Crippen molar-refractivity contribution in [3.63, 3.8) is 0 Å². The number of methoxy groups -OCH3 is 1. The minimum absolute atomic E-state index is 0.273. The fraction of sp³-hybridized carbons (Fsp3) is 0.364. The zero-order valence-corrected chi connectivity index (χ0v) is 9.45. The lowest BCUT2D eigenvalue weighted by atomic mass is 10.2. The minimum Gasteiger partial charge on any atom is -0.493 e. The number of benzene rings is 1. The minimum atomic E-state index is -0.274. The highest BCUT2D eigenvalue weighted by Crippen LogP contribution is 2.16. The number of ether oxygens (including phenoxy) is 2. The first kappa shape index (κ1) is 11.9. The van der Waals surface area contributed by atoms with Crippen LogP contribution in [0.25, 0.3) is 0 Å². The Morgan fingerprint density at radius 3 is 2.53 bits per heavy atom. The van der Waals surface area contributed by atoms with E-state index in [-0.39, 0.29) is 11.9 Å². The molecule has 3 nitrogen and oxygen atoms in total. The summed E-state index contributed by atoms with van der Waals surface area (Å²) >= 11 is 5.72. The van der Waals surface area contributed by atoms with Gasteiger partial charge in [-0.2, -0.15) is 0 Å². The molecular formula is C11H13ClO3. The van der Waals surface area contributed by atoms with Crippen LogP contribution in [-0.2, 0) is 9.53 Å². The van der Waals surface area contributed by atoms with Crippen LogP contribution >= 0.6 is 11.6 Å². The van der Waals surface area contributed by atoms with Gasteiger partial charge in [0, 0.05) is 5.02 Å². The maximum atomic E-state index is 11.1. The van der Waals surface area contributed by atoms with Crippen molar-refractivity contribution in [2.24, 2.45) is 5.92 Å². The molecule has 0 aromatic heterocycles. The predicted octanol–water partition coefficient (Wildman–Crippen LogP) is 2.53. The molecule has 1 rings (SSSR count). The Balaban J connectivity index is 2.43. The van der Waals surface area contributed by atoms with Gasteiger partial charge in [0.15, 0.2) is 0 Å². The van der Waals surface area contributed by atoms with E-state index in [4.69, 9.17) is 16.3 Å². The first-order valence-electron chi connectivity index (χ1n) is 4.59. The van der Waals surface area contributed by atoms with Crippen molar-refractivity contribution in [1.82, 2.24) is 0 Å². The van der Waals surface area contributed by atoms with Crippen LogP contribution in [0.5, 0.6) is 5.75 Å². The summed E-state index contributed by atoms with van der Waals surface area (Å²) in [6.07, 6.45) is 0. The number of halogens is 1. The second kappa shape index (κ2) is 5.61. The number of hydrogen-bond acceptors (Lipinski definition) is 3. The molecule has 4 heteroatoms. The second-order valence-electron chi connectivity index (χ2n) is 3.19. The molecule has 0 heterocycles. The lowest BCUT2D eigenvalue weighted by Gasteiger charge is -2.10. The average Bonchev–Trinajstić information content (AvgIpc) is 2.26. The molecule has 0 aliphatic heterocycles. The Labute approximate surface area is 93.9 Å². The lowest BCUT2D eigenvalue weighted by Crippen LogP contribution is -2.19. The van der Waals surface area contributed by atoms with Crippen LogP contribution in [0.2, 0.25) is 5.02 Å². The van der Waals surface area contributed by atoms with E-state index in [2.05, 4.69) is 4.74 Å². The number of carbonyl (C=O) groups is 1. The fourth-order valence-electron chi connectivity index (χ4n) is 1.02. The standard InChI is InChI=1S/C11H13ClO3/c1-8(11(13)14-2)7-15-10-5-3-9(12)4-6-10/h3-6,8H,7H2,1-2H3. The van der Waals surface area contributed by atoms with Crippen LogP contribution < -0.4 is 4.74 Å². The summed E-state index contributed by atoms with van der Waals surface area (Å²) in [7, 11) is 1.36. The van der Waals surface area contributed by atoms with Gasteiger partial charge in [-0.25, -0.2) is 0 Å². The van der Waals surface area contributed by atoms with E-state index < -0.39 is 0 Å². The van der Waals surface area contributed by atoms with E-state index in [1.165, 1.54) is 7.11 Å². The smallest absolute Gasteiger partial charge is 0.311 e. The molecule has 0 aliphatic carbocycles. The van der Waals surface area contributed by atoms with E-state index in [1.54, 1.807) is 31.2 Å². The third kappa shape index (κ3) is 3.80. The summed E-state index contributed by atoms with van der Waals surface area (Å²) in [6.45, 7) is 2.05. The number of carbonyl (C=O) groups excluding carboxylic acids is 1. The SMILES string of the molecule is COC(=O)C(C)COc1ccc(Cl)cc1. The zero-order chi connectivity index (χ0) is 11.3. The highest BCUT2D eigenvalue weighted by Gasteiger charge is 2.13. The molecule has 0 amide bonds. The van der Waals surface area contributed by atoms with Crippen LogP contribution in [0.15, 0.2) is 24.3 Å². The van der Waals surface area contributed by atoms with Crippen molar-refractivity contribution >= 4 is 17.6 Å². The molecule has 0 radical (unpaired) electrons. The molecule has 0 fully saturated rings. The maximum Gasteiger partial charge on any atom is 0.311 e. The van der Waals surface area contributed by atoms with Crippen molar-refractivity contribution in [1.29, 1.82) is 0 Å². The van der Waals surface area contributed by atoms with Crippen LogP contribution in [0, 0.1) is 5.92 Å². The van der Waals surface area contributed by atoms with Gasteiger partial charge >= 0.3 is 5.97 Å². The molecule has 1 aromatic rings. The molecule has 0 spiro atoms. The summed E-state index contributed by atoms with van der Waals surface area (Å²) in [6, 6.07) is 6.98. The molecule has 82 valence electrons. The Hall–Kier alpha value is -1.22. The summed E-state index contributed by atoms with van der Waals surface area (Å²) in [5.41, 5.74) is 0. The molecule has 1 aromatic carbocycles. The summed E-state index contributed by atoms with van der Waals surface area (Å²) < 4.78 is 9.97. The van der Waals surface area contributed by atoms with E-state index in [9.17, 15) is 4.79 Å². The predicted molar refractivity (Wildman–Crippen MR) is 58.1 cm³/mol. The van der Waals surface area contributed by atoms with Gasteiger partial charge in [0.2, 0.25) is 0 Å². The number of rotatable bonds is 4. The van der Waals surface area contributed by atoms with Crippen molar-refractivity contribution < 1.29 is 14.3 Å². The van der Waals surface area contributed by atoms with Gasteiger partial charge in [-0.1, -0.05) is 11.6 Å². The number of hydrogen-bond donors (Lipinski definition) is 0. The quantitative estimate of drug-likeness (QED) is 0.743. The van der Waals surface area contributed by atoms with Crippen molar-refractivity contribution in [3.05, 3.63) is 29.3 Å². The molecule has 0 saturated carbocycles. The summed E-state index contributed by atoms with van der Waals surface area (Å²) in [4.78, 5) is 11.1. The summed E-state index contributed by atoms with van der Waals surface area (Å²) in [5, 5.41) is 0.656. The van der Waals surface area contributed by atoms with Crippen LogP contribution in [0.3, 0.4) is 0 Å². The van der Waals surface area contributed by atoms with E-state index in [0.29, 0.717) is 17.4 Å². The van der Waals surface area contributed by atoms with E-state index in [1.807, 2.05) is 0 Å². The Morgan fingerprint density at radius 1 is 1.40 bits per heavy atom. The molecule has 1 atom stereocenters. The van der Waals surface area contributed by atoms with Crippen LogP contribution in [-0.4, -0.2) is 19.7 Å². The maximum absolute atomic E-state index is 11.1. The highest BCUT2D eigenvalue weighted by atomic mass is 35.5. The van der Waals surface area contributed by atoms with Gasteiger partial charge in [-0.15, -0.1) is 0 Å². The molecular weight excluding hydrogens is 216 g/mol.